The molecule has 1 aromatic heterocycles. The van der Waals surface area contributed by atoms with E-state index >= 15 is 0 Å². The first-order valence-electron chi connectivity index (χ1n) is 11.5. The van der Waals surface area contributed by atoms with Crippen LogP contribution in [0.15, 0.2) is 10.5 Å². The highest BCUT2D eigenvalue weighted by atomic mass is 32.1. The van der Waals surface area contributed by atoms with Gasteiger partial charge < -0.3 is 19.1 Å². The van der Waals surface area contributed by atoms with Crippen LogP contribution >= 0.6 is 11.3 Å². The number of aryl methyl sites for hydroxylation is 1. The fourth-order valence-electron chi connectivity index (χ4n) is 3.20. The molecule has 0 radical (unpaired) electrons. The lowest BCUT2D eigenvalue weighted by atomic mass is 9.94. The number of hydroxylamine groups is 2. The smallest absolute Gasteiger partial charge is 0.410 e. The Balaban J connectivity index is 1.88. The molecule has 1 aromatic rings. The van der Waals surface area contributed by atoms with E-state index in [1.807, 2.05) is 0 Å². The Labute approximate surface area is 217 Å². The summed E-state index contributed by atoms with van der Waals surface area (Å²) < 4.78 is 10.8. The number of amides is 3. The van der Waals surface area contributed by atoms with E-state index in [9.17, 15) is 24.0 Å². The number of nitrogens with zero attached hydrogens (tertiary/aromatic N) is 4. The average Bonchev–Trinajstić information content (AvgIpc) is 3.27. The summed E-state index contributed by atoms with van der Waals surface area (Å²) in [6, 6.07) is 0. The van der Waals surface area contributed by atoms with Crippen molar-refractivity contribution in [2.75, 3.05) is 13.1 Å². The summed E-state index contributed by atoms with van der Waals surface area (Å²) in [6.45, 7) is 11.3. The van der Waals surface area contributed by atoms with Gasteiger partial charge >= 0.3 is 18.0 Å². The summed E-state index contributed by atoms with van der Waals surface area (Å²) in [7, 11) is 0. The third-order valence-electron chi connectivity index (χ3n) is 4.86. The molecule has 0 aromatic carbocycles. The minimum absolute atomic E-state index is 0.0502. The van der Waals surface area contributed by atoms with Crippen molar-refractivity contribution in [3.05, 3.63) is 16.1 Å². The number of rotatable bonds is 6. The van der Waals surface area contributed by atoms with Crippen LogP contribution in [0.1, 0.15) is 65.1 Å². The summed E-state index contributed by atoms with van der Waals surface area (Å²) in [6.07, 6.45) is -0.847. The lowest BCUT2D eigenvalue weighted by Crippen LogP contribution is -2.69. The highest BCUT2D eigenvalue weighted by molar-refractivity contribution is 7.09. The predicted molar refractivity (Wildman–Crippen MR) is 128 cm³/mol. The molecule has 3 heterocycles. The van der Waals surface area contributed by atoms with Crippen LogP contribution in [0, 0.1) is 6.92 Å². The van der Waals surface area contributed by atoms with Crippen LogP contribution in [0.25, 0.3) is 0 Å². The van der Waals surface area contributed by atoms with Crippen molar-refractivity contribution in [3.8, 4) is 0 Å². The van der Waals surface area contributed by atoms with Gasteiger partial charge in [-0.3, -0.25) is 14.5 Å². The van der Waals surface area contributed by atoms with Gasteiger partial charge in [0.1, 0.15) is 16.9 Å². The first-order chi connectivity index (χ1) is 17.0. The van der Waals surface area contributed by atoms with Crippen LogP contribution in [0.2, 0.25) is 0 Å². The molecule has 2 aliphatic rings. The number of hydrogen-bond donors (Lipinski definition) is 0. The third-order valence-corrected chi connectivity index (χ3v) is 5.64. The molecule has 14 heteroatoms. The van der Waals surface area contributed by atoms with E-state index in [0.717, 1.165) is 0 Å². The van der Waals surface area contributed by atoms with Gasteiger partial charge in [0.2, 0.25) is 5.71 Å². The predicted octanol–water partition coefficient (Wildman–Crippen LogP) is 2.11. The fraction of sp³-hybridized carbons (Fsp3) is 0.609. The maximum absolute atomic E-state index is 13.1. The Kier molecular flexibility index (Phi) is 7.63. The number of ether oxygens (including phenoxy) is 2. The number of aromatic nitrogens is 1. The lowest BCUT2D eigenvalue weighted by Gasteiger charge is -2.45. The molecule has 2 saturated heterocycles. The van der Waals surface area contributed by atoms with Crippen molar-refractivity contribution in [2.24, 2.45) is 5.16 Å². The number of hydrogen-bond acceptors (Lipinski definition) is 12. The van der Waals surface area contributed by atoms with Gasteiger partial charge in [-0.05, 0) is 48.5 Å². The topological polar surface area (TPSA) is 154 Å². The maximum atomic E-state index is 13.1. The number of carbonyl (C=O) groups excluding carboxylic acids is 5. The molecule has 202 valence electrons. The van der Waals surface area contributed by atoms with E-state index in [-0.39, 0.29) is 31.6 Å². The first kappa shape index (κ1) is 28.0. The number of thiazole rings is 1. The number of likely N-dealkylation sites (tertiary alicyclic amines) is 1. The monoisotopic (exact) mass is 538 g/mol. The van der Waals surface area contributed by atoms with Gasteiger partial charge in [0, 0.05) is 18.2 Å². The minimum atomic E-state index is -1.75. The van der Waals surface area contributed by atoms with Gasteiger partial charge in [-0.1, -0.05) is 5.16 Å². The lowest BCUT2D eigenvalue weighted by molar-refractivity contribution is -0.205. The van der Waals surface area contributed by atoms with E-state index in [4.69, 9.17) is 19.1 Å². The maximum Gasteiger partial charge on any atom is 0.410 e. The molecule has 13 nitrogen and oxygen atoms in total. The highest BCUT2D eigenvalue weighted by Crippen LogP contribution is 2.31. The summed E-state index contributed by atoms with van der Waals surface area (Å²) in [5.41, 5.74) is -3.82. The zero-order valence-electron chi connectivity index (χ0n) is 21.8. The fourth-order valence-corrected chi connectivity index (χ4v) is 3.80. The molecule has 37 heavy (non-hydrogen) atoms. The molecular formula is C23H30N4O9S. The van der Waals surface area contributed by atoms with E-state index in [0.29, 0.717) is 10.1 Å². The summed E-state index contributed by atoms with van der Waals surface area (Å²) in [5, 5.41) is 6.33. The van der Waals surface area contributed by atoms with Crippen molar-refractivity contribution in [2.45, 2.75) is 78.1 Å². The van der Waals surface area contributed by atoms with Gasteiger partial charge in [-0.25, -0.2) is 19.4 Å². The van der Waals surface area contributed by atoms with Crippen molar-refractivity contribution < 1.29 is 43.1 Å². The highest BCUT2D eigenvalue weighted by Gasteiger charge is 2.58. The Morgan fingerprint density at radius 2 is 1.57 bits per heavy atom. The molecule has 0 unspecified atom stereocenters. The molecule has 0 aliphatic carbocycles. The van der Waals surface area contributed by atoms with Crippen molar-refractivity contribution in [3.63, 3.8) is 0 Å². The Morgan fingerprint density at radius 3 is 2.05 bits per heavy atom. The number of oxime groups is 1. The van der Waals surface area contributed by atoms with Gasteiger partial charge in [-0.2, -0.15) is 0 Å². The van der Waals surface area contributed by atoms with Crippen LogP contribution in [0.3, 0.4) is 0 Å². The molecule has 0 spiro atoms. The van der Waals surface area contributed by atoms with E-state index in [1.165, 1.54) is 21.6 Å². The first-order valence-corrected chi connectivity index (χ1v) is 12.4. The number of carbonyl (C=O) groups is 5. The Hall–Kier alpha value is -3.55. The van der Waals surface area contributed by atoms with Crippen LogP contribution in [0.4, 0.5) is 4.79 Å². The molecule has 2 fully saturated rings. The molecule has 0 saturated carbocycles. The second-order valence-electron chi connectivity index (χ2n) is 10.6. The summed E-state index contributed by atoms with van der Waals surface area (Å²) in [5.74, 6) is -3.34. The van der Waals surface area contributed by atoms with Gasteiger partial charge in [0.15, 0.2) is 0 Å². The summed E-state index contributed by atoms with van der Waals surface area (Å²) in [4.78, 5) is 78.3. The normalized spacial score (nSPS) is 17.9. The zero-order valence-corrected chi connectivity index (χ0v) is 22.6. The Bertz CT molecular complexity index is 1120. The molecule has 0 atom stereocenters. The van der Waals surface area contributed by atoms with Crippen LogP contribution in [-0.2, 0) is 38.3 Å². The molecular weight excluding hydrogens is 508 g/mol. The van der Waals surface area contributed by atoms with Gasteiger partial charge in [0.05, 0.1) is 18.1 Å². The SMILES string of the molecule is Cc1nc(/C(=N/OC2(C(=O)OC(C)(C)C)CN(C(=O)OC(C)(C)C)C2)C(=O)ON2C(=O)CCC2=O)cs1. The van der Waals surface area contributed by atoms with Crippen molar-refractivity contribution >= 4 is 46.9 Å². The standard InChI is InChI=1S/C23H30N4O9S/c1-13-24-14(10-37-13)17(18(30)35-27-15(28)8-9-16(27)29)25-36-23(19(31)33-21(2,3)4)11-26(12-23)20(32)34-22(5,6)7/h10H,8-9,11-12H2,1-7H3/b25-17-. The van der Waals surface area contributed by atoms with Crippen molar-refractivity contribution in [1.82, 2.24) is 14.9 Å². The molecule has 3 amide bonds. The number of esters is 1. The molecule has 2 aliphatic heterocycles. The van der Waals surface area contributed by atoms with E-state index in [1.54, 1.807) is 48.5 Å². The average molecular weight is 539 g/mol. The van der Waals surface area contributed by atoms with E-state index in [2.05, 4.69) is 10.1 Å². The van der Waals surface area contributed by atoms with Gasteiger partial charge in [-0.15, -0.1) is 16.4 Å². The van der Waals surface area contributed by atoms with Crippen LogP contribution < -0.4 is 0 Å². The second-order valence-corrected chi connectivity index (χ2v) is 11.6. The van der Waals surface area contributed by atoms with Crippen LogP contribution in [0.5, 0.6) is 0 Å². The largest absolute Gasteiger partial charge is 0.457 e. The summed E-state index contributed by atoms with van der Waals surface area (Å²) >= 11 is 1.21. The van der Waals surface area contributed by atoms with Gasteiger partial charge in [0.25, 0.3) is 17.4 Å². The second kappa shape index (κ2) is 10.1. The molecule has 0 bridgehead atoms. The molecule has 3 rings (SSSR count). The Morgan fingerprint density at radius 1 is 1.00 bits per heavy atom. The van der Waals surface area contributed by atoms with Crippen molar-refractivity contribution in [1.29, 1.82) is 0 Å². The minimum Gasteiger partial charge on any atom is -0.457 e. The zero-order chi connectivity index (χ0) is 27.8. The van der Waals surface area contributed by atoms with Crippen LogP contribution in [-0.4, -0.2) is 80.4 Å². The third kappa shape index (κ3) is 6.81. The molecule has 0 N–H and O–H groups in total. The van der Waals surface area contributed by atoms with E-state index < -0.39 is 52.4 Å². The number of imide groups is 1. The quantitative estimate of drug-likeness (QED) is 0.228.